The number of hydrogen-bond donors (Lipinski definition) is 2. The highest BCUT2D eigenvalue weighted by Crippen LogP contribution is 2.44. The maximum Gasteiger partial charge on any atom is 0.259 e. The van der Waals surface area contributed by atoms with Crippen LogP contribution in [0.1, 0.15) is 53.5 Å². The van der Waals surface area contributed by atoms with Crippen LogP contribution in [0.2, 0.25) is 0 Å². The molecule has 4 aliphatic rings. The van der Waals surface area contributed by atoms with E-state index in [0.29, 0.717) is 47.1 Å². The summed E-state index contributed by atoms with van der Waals surface area (Å²) in [5.74, 6) is -0.499. The summed E-state index contributed by atoms with van der Waals surface area (Å²) in [7, 11) is 1.65. The van der Waals surface area contributed by atoms with E-state index in [1.807, 2.05) is 53.6 Å². The number of benzene rings is 3. The Balaban J connectivity index is 1.00. The molecular formula is C44H48F3N9O3. The van der Waals surface area contributed by atoms with E-state index in [4.69, 9.17) is 19.5 Å². The number of anilines is 4. The summed E-state index contributed by atoms with van der Waals surface area (Å²) in [6.45, 7) is 8.03. The summed E-state index contributed by atoms with van der Waals surface area (Å²) >= 11 is 0. The van der Waals surface area contributed by atoms with Crippen molar-refractivity contribution >= 4 is 34.8 Å². The number of piperidine rings is 1. The van der Waals surface area contributed by atoms with Crippen molar-refractivity contribution in [1.29, 1.82) is 0 Å². The minimum atomic E-state index is -0.888. The summed E-state index contributed by atoms with van der Waals surface area (Å²) in [5, 5.41) is 5.76. The first-order valence-corrected chi connectivity index (χ1v) is 20.1. The number of amidine groups is 1. The van der Waals surface area contributed by atoms with E-state index in [-0.39, 0.29) is 24.6 Å². The van der Waals surface area contributed by atoms with Crippen LogP contribution in [-0.4, -0.2) is 109 Å². The molecule has 2 atom stereocenters. The highest BCUT2D eigenvalue weighted by molar-refractivity contribution is 6.06. The molecule has 3 aromatic carbocycles. The van der Waals surface area contributed by atoms with Gasteiger partial charge in [-0.1, -0.05) is 18.2 Å². The average Bonchev–Trinajstić information content (AvgIpc) is 3.66. The number of alkyl halides is 1. The van der Waals surface area contributed by atoms with Crippen molar-refractivity contribution in [2.24, 2.45) is 4.99 Å². The summed E-state index contributed by atoms with van der Waals surface area (Å²) in [5.41, 5.74) is 2.70. The fourth-order valence-corrected chi connectivity index (χ4v) is 8.36. The van der Waals surface area contributed by atoms with Crippen molar-refractivity contribution in [1.82, 2.24) is 24.7 Å². The third-order valence-corrected chi connectivity index (χ3v) is 11.4. The number of nitrogens with one attached hydrogen (secondary N) is 2. The van der Waals surface area contributed by atoms with Gasteiger partial charge in [-0.05, 0) is 79.9 Å². The Bertz CT molecular complexity index is 2220. The van der Waals surface area contributed by atoms with Gasteiger partial charge in [-0.3, -0.25) is 19.6 Å². The molecule has 12 nitrogen and oxygen atoms in total. The zero-order valence-electron chi connectivity index (χ0n) is 33.2. The minimum absolute atomic E-state index is 0.108. The number of halogens is 3. The summed E-state index contributed by atoms with van der Waals surface area (Å²) in [4.78, 5) is 37.4. The second-order valence-electron chi connectivity index (χ2n) is 14.8. The normalized spacial score (nSPS) is 19.7. The molecule has 15 heteroatoms. The molecule has 1 amide bonds. The molecule has 2 fully saturated rings. The van der Waals surface area contributed by atoms with E-state index in [2.05, 4.69) is 36.4 Å². The lowest BCUT2D eigenvalue weighted by atomic mass is 9.95. The zero-order valence-corrected chi connectivity index (χ0v) is 33.2. The molecule has 4 aliphatic heterocycles. The SMILES string of the molecule is CCOc1ccc(C2N=C3C=CC=CN3C2c2ccnc(Nc3ccc(N4CCC(N5CCN(CCF)CC5)CC4)cc3OC)n2)cc1C(=O)Nc1c(F)cccc1F. The van der Waals surface area contributed by atoms with Crippen LogP contribution in [0.5, 0.6) is 11.5 Å². The number of para-hydroxylation sites is 1. The predicted octanol–water partition coefficient (Wildman–Crippen LogP) is 7.29. The lowest BCUT2D eigenvalue weighted by molar-refractivity contribution is 0.0816. The number of methoxy groups -OCH3 is 1. The fourth-order valence-electron chi connectivity index (χ4n) is 8.36. The van der Waals surface area contributed by atoms with Crippen LogP contribution >= 0.6 is 0 Å². The first-order chi connectivity index (χ1) is 28.8. The molecule has 0 bridgehead atoms. The smallest absolute Gasteiger partial charge is 0.259 e. The lowest BCUT2D eigenvalue weighted by Crippen LogP contribution is -2.53. The fraction of sp³-hybridized carbons (Fsp3) is 0.364. The van der Waals surface area contributed by atoms with Crippen LogP contribution in [0.4, 0.5) is 36.2 Å². The summed E-state index contributed by atoms with van der Waals surface area (Å²) < 4.78 is 53.6. The van der Waals surface area contributed by atoms with Crippen molar-refractivity contribution in [3.05, 3.63) is 120 Å². The second kappa shape index (κ2) is 17.9. The number of fused-ring (bicyclic) bond motifs is 1. The van der Waals surface area contributed by atoms with Crippen LogP contribution in [0, 0.1) is 11.6 Å². The molecule has 5 heterocycles. The molecule has 0 saturated carbocycles. The van der Waals surface area contributed by atoms with E-state index >= 15 is 0 Å². The van der Waals surface area contributed by atoms with Crippen LogP contribution in [0.15, 0.2) is 96.3 Å². The number of allylic oxidation sites excluding steroid dienone is 2. The molecular weight excluding hydrogens is 760 g/mol. The number of rotatable bonds is 13. The second-order valence-corrected chi connectivity index (χ2v) is 14.8. The number of piperazine rings is 1. The first kappa shape index (κ1) is 39.9. The van der Waals surface area contributed by atoms with Gasteiger partial charge in [0, 0.05) is 76.0 Å². The topological polar surface area (TPSA) is 111 Å². The third kappa shape index (κ3) is 8.62. The number of hydrogen-bond acceptors (Lipinski definition) is 11. The Hall–Kier alpha value is -5.93. The van der Waals surface area contributed by atoms with Gasteiger partial charge in [0.1, 0.15) is 53.4 Å². The van der Waals surface area contributed by atoms with Crippen molar-refractivity contribution < 1.29 is 27.4 Å². The zero-order chi connectivity index (χ0) is 40.9. The van der Waals surface area contributed by atoms with E-state index < -0.39 is 35.3 Å². The van der Waals surface area contributed by atoms with E-state index in [0.717, 1.165) is 69.9 Å². The molecule has 0 spiro atoms. The number of aromatic nitrogens is 2. The quantitative estimate of drug-likeness (QED) is 0.143. The van der Waals surface area contributed by atoms with E-state index in [1.54, 1.807) is 32.4 Å². The Morgan fingerprint density at radius 1 is 0.932 bits per heavy atom. The van der Waals surface area contributed by atoms with Gasteiger partial charge in [-0.25, -0.2) is 23.1 Å². The Morgan fingerprint density at radius 2 is 1.73 bits per heavy atom. The summed E-state index contributed by atoms with van der Waals surface area (Å²) in [6, 6.07) is 16.1. The predicted molar refractivity (Wildman–Crippen MR) is 222 cm³/mol. The summed E-state index contributed by atoms with van der Waals surface area (Å²) in [6.07, 6.45) is 11.5. The molecule has 2 unspecified atom stereocenters. The van der Waals surface area contributed by atoms with Gasteiger partial charge in [0.25, 0.3) is 5.91 Å². The van der Waals surface area contributed by atoms with Crippen molar-refractivity contribution in [2.45, 2.75) is 37.9 Å². The van der Waals surface area contributed by atoms with Crippen molar-refractivity contribution in [3.8, 4) is 11.5 Å². The van der Waals surface area contributed by atoms with E-state index in [9.17, 15) is 18.0 Å². The van der Waals surface area contributed by atoms with Crippen LogP contribution in [0.25, 0.3) is 0 Å². The molecule has 1 aromatic heterocycles. The van der Waals surface area contributed by atoms with Gasteiger partial charge >= 0.3 is 0 Å². The lowest BCUT2D eigenvalue weighted by Gasteiger charge is -2.43. The average molecular weight is 808 g/mol. The Labute approximate surface area is 342 Å². The molecule has 308 valence electrons. The van der Waals surface area contributed by atoms with Crippen LogP contribution < -0.4 is 25.0 Å². The molecule has 2 N–H and O–H groups in total. The van der Waals surface area contributed by atoms with Crippen LogP contribution in [0.3, 0.4) is 0 Å². The molecule has 2 saturated heterocycles. The van der Waals surface area contributed by atoms with Crippen molar-refractivity contribution in [3.63, 3.8) is 0 Å². The Kier molecular flexibility index (Phi) is 12.1. The standard InChI is InChI=1S/C44H48F3N9O3/c1-3-59-37-13-10-29(27-32(37)43(57)52-41-33(46)7-6-8-34(41)47)40-42(56-19-5-4-9-39(56)51-40)36-14-18-48-44(50-36)49-35-12-11-31(28-38(35)58-2)54-20-15-30(16-21-54)55-25-23-53(22-17-45)24-26-55/h4-14,18-19,27-28,30,40,42H,3,15-17,20-26H2,1-2H3,(H,52,57)(H,48,49,50). The molecule has 0 radical (unpaired) electrons. The van der Waals surface area contributed by atoms with Gasteiger partial charge in [-0.2, -0.15) is 0 Å². The molecule has 0 aliphatic carbocycles. The van der Waals surface area contributed by atoms with Gasteiger partial charge in [0.05, 0.1) is 30.7 Å². The van der Waals surface area contributed by atoms with Gasteiger partial charge in [0.15, 0.2) is 0 Å². The molecule has 4 aromatic rings. The van der Waals surface area contributed by atoms with E-state index in [1.165, 1.54) is 6.07 Å². The molecule has 8 rings (SSSR count). The van der Waals surface area contributed by atoms with Gasteiger partial charge in [-0.15, -0.1) is 0 Å². The van der Waals surface area contributed by atoms with Gasteiger partial charge in [0.2, 0.25) is 5.95 Å². The number of ether oxygens (including phenoxy) is 2. The Morgan fingerprint density at radius 3 is 2.47 bits per heavy atom. The van der Waals surface area contributed by atoms with Crippen molar-refractivity contribution in [2.75, 3.05) is 81.7 Å². The third-order valence-electron chi connectivity index (χ3n) is 11.4. The van der Waals surface area contributed by atoms with Crippen LogP contribution in [-0.2, 0) is 0 Å². The highest BCUT2D eigenvalue weighted by atomic mass is 19.1. The molecule has 59 heavy (non-hydrogen) atoms. The first-order valence-electron chi connectivity index (χ1n) is 20.1. The minimum Gasteiger partial charge on any atom is -0.494 e. The highest BCUT2D eigenvalue weighted by Gasteiger charge is 2.39. The maximum absolute atomic E-state index is 14.5. The number of aliphatic imine (C=N–C) groups is 1. The maximum atomic E-state index is 14.5. The monoisotopic (exact) mass is 807 g/mol. The largest absolute Gasteiger partial charge is 0.494 e. The number of amides is 1. The number of carbonyl (C=O) groups is 1. The van der Waals surface area contributed by atoms with Gasteiger partial charge < -0.3 is 29.9 Å². The number of carbonyl (C=O) groups excluding carboxylic acids is 1. The number of nitrogens with zero attached hydrogens (tertiary/aromatic N) is 7.